The van der Waals surface area contributed by atoms with Crippen LogP contribution in [0.15, 0.2) is 10.5 Å². The summed E-state index contributed by atoms with van der Waals surface area (Å²) < 4.78 is 86.0. The third kappa shape index (κ3) is 3.31. The molecule has 25 heavy (non-hydrogen) atoms. The Morgan fingerprint density at radius 3 is 2.24 bits per heavy atom. The predicted molar refractivity (Wildman–Crippen MR) is 69.1 cm³/mol. The molecule has 2 aromatic heterocycles. The molecule has 0 unspecified atom stereocenters. The number of alkyl halides is 6. The van der Waals surface area contributed by atoms with E-state index in [1.807, 2.05) is 0 Å². The summed E-state index contributed by atoms with van der Waals surface area (Å²) in [4.78, 5) is 3.46. The van der Waals surface area contributed by atoms with Crippen LogP contribution in [0.1, 0.15) is 18.4 Å². The molecule has 0 fully saturated rings. The maximum atomic E-state index is 12.9. The Bertz CT molecular complexity index is 784. The lowest BCUT2D eigenvalue weighted by molar-refractivity contribution is -0.266. The van der Waals surface area contributed by atoms with Crippen molar-refractivity contribution in [2.75, 3.05) is 12.8 Å². The number of nitrogens with two attached hydrogens (primary N) is 1. The molecule has 0 spiro atoms. The van der Waals surface area contributed by atoms with Gasteiger partial charge in [-0.25, -0.2) is 4.98 Å². The van der Waals surface area contributed by atoms with E-state index in [0.29, 0.717) is 13.0 Å². The van der Waals surface area contributed by atoms with E-state index in [2.05, 4.69) is 19.9 Å². The number of halogens is 6. The third-order valence-corrected chi connectivity index (χ3v) is 3.11. The number of aliphatic hydroxyl groups is 1. The molecule has 0 bridgehead atoms. The standard InChI is InChI=1S/C12H10F6N4O3/c1-10(23,12(16,17)18)9-22-21-8(25-9)6-5(19)3-4(11(13,14)15)7(20-6)24-2/h3,23H,19H2,1-2H3/t10-/m0/s1. The van der Waals surface area contributed by atoms with Gasteiger partial charge in [0.15, 0.2) is 5.69 Å². The fourth-order valence-electron chi connectivity index (χ4n) is 1.68. The molecule has 0 saturated heterocycles. The summed E-state index contributed by atoms with van der Waals surface area (Å²) in [5.41, 5.74) is -0.430. The number of ether oxygens (including phenoxy) is 1. The number of rotatable bonds is 3. The molecule has 2 rings (SSSR count). The van der Waals surface area contributed by atoms with Gasteiger partial charge in [-0.2, -0.15) is 26.3 Å². The van der Waals surface area contributed by atoms with Crippen molar-refractivity contribution < 1.29 is 40.6 Å². The van der Waals surface area contributed by atoms with Crippen LogP contribution in [0.3, 0.4) is 0 Å². The normalized spacial score (nSPS) is 15.1. The summed E-state index contributed by atoms with van der Waals surface area (Å²) >= 11 is 0. The maximum Gasteiger partial charge on any atom is 0.426 e. The number of nitrogens with zero attached hydrogens (tertiary/aromatic N) is 3. The van der Waals surface area contributed by atoms with Crippen molar-refractivity contribution in [2.24, 2.45) is 0 Å². The fraction of sp³-hybridized carbons (Fsp3) is 0.417. The number of anilines is 1. The van der Waals surface area contributed by atoms with Gasteiger partial charge in [0.25, 0.3) is 11.8 Å². The minimum atomic E-state index is -5.13. The van der Waals surface area contributed by atoms with Gasteiger partial charge in [0.1, 0.15) is 5.56 Å². The monoisotopic (exact) mass is 372 g/mol. The predicted octanol–water partition coefficient (Wildman–Crippen LogP) is 2.51. The molecule has 1 atom stereocenters. The number of nitrogen functional groups attached to an aromatic ring is 1. The second-order valence-electron chi connectivity index (χ2n) is 4.96. The van der Waals surface area contributed by atoms with Crippen LogP contribution in [-0.4, -0.2) is 33.6 Å². The molecule has 0 amide bonds. The topological polar surface area (TPSA) is 107 Å². The first-order valence-corrected chi connectivity index (χ1v) is 6.34. The van der Waals surface area contributed by atoms with Gasteiger partial charge in [-0.15, -0.1) is 10.2 Å². The summed E-state index contributed by atoms with van der Waals surface area (Å²) in [6.07, 6.45) is -9.96. The Hall–Kier alpha value is -2.57. The highest BCUT2D eigenvalue weighted by molar-refractivity contribution is 5.68. The van der Waals surface area contributed by atoms with E-state index in [1.54, 1.807) is 0 Å². The van der Waals surface area contributed by atoms with Gasteiger partial charge >= 0.3 is 12.4 Å². The summed E-state index contributed by atoms with van der Waals surface area (Å²) in [5.74, 6) is -2.84. The van der Waals surface area contributed by atoms with Gasteiger partial charge in [-0.05, 0) is 13.0 Å². The van der Waals surface area contributed by atoms with E-state index in [9.17, 15) is 31.4 Å². The highest BCUT2D eigenvalue weighted by Crippen LogP contribution is 2.41. The largest absolute Gasteiger partial charge is 0.481 e. The Morgan fingerprint density at radius 2 is 1.76 bits per heavy atom. The van der Waals surface area contributed by atoms with E-state index >= 15 is 0 Å². The van der Waals surface area contributed by atoms with Crippen LogP contribution in [0.4, 0.5) is 32.0 Å². The number of hydrogen-bond acceptors (Lipinski definition) is 7. The van der Waals surface area contributed by atoms with E-state index in [-0.39, 0.29) is 0 Å². The summed E-state index contributed by atoms with van der Waals surface area (Å²) in [6.45, 7) is 0.369. The molecule has 7 nitrogen and oxygen atoms in total. The van der Waals surface area contributed by atoms with Crippen LogP contribution < -0.4 is 10.5 Å². The SMILES string of the molecule is COc1nc(-c2nnc([C@](C)(O)C(F)(F)F)o2)c(N)cc1C(F)(F)F. The van der Waals surface area contributed by atoms with Gasteiger partial charge in [-0.3, -0.25) is 0 Å². The van der Waals surface area contributed by atoms with Gasteiger partial charge in [0.05, 0.1) is 12.8 Å². The van der Waals surface area contributed by atoms with E-state index in [1.165, 1.54) is 0 Å². The first-order chi connectivity index (χ1) is 11.3. The van der Waals surface area contributed by atoms with Gasteiger partial charge in [0, 0.05) is 0 Å². The van der Waals surface area contributed by atoms with Gasteiger partial charge in [-0.1, -0.05) is 0 Å². The average Bonchev–Trinajstić information content (AvgIpc) is 2.95. The third-order valence-electron chi connectivity index (χ3n) is 3.11. The molecular weight excluding hydrogens is 362 g/mol. The molecular formula is C12H10F6N4O3. The minimum Gasteiger partial charge on any atom is -0.481 e. The van der Waals surface area contributed by atoms with Crippen molar-refractivity contribution in [3.05, 3.63) is 17.5 Å². The summed E-state index contributed by atoms with van der Waals surface area (Å²) in [6, 6.07) is 0.465. The molecule has 13 heteroatoms. The van der Waals surface area contributed by atoms with Crippen molar-refractivity contribution >= 4 is 5.69 Å². The van der Waals surface area contributed by atoms with Crippen LogP contribution >= 0.6 is 0 Å². The lowest BCUT2D eigenvalue weighted by Crippen LogP contribution is -2.39. The second kappa shape index (κ2) is 5.75. The van der Waals surface area contributed by atoms with Crippen LogP contribution in [0.5, 0.6) is 5.88 Å². The van der Waals surface area contributed by atoms with Crippen molar-refractivity contribution in [3.63, 3.8) is 0 Å². The number of aromatic nitrogens is 3. The Balaban J connectivity index is 2.54. The van der Waals surface area contributed by atoms with Crippen LogP contribution in [0, 0.1) is 0 Å². The molecule has 2 heterocycles. The average molecular weight is 372 g/mol. The Kier molecular flexibility index (Phi) is 4.32. The lowest BCUT2D eigenvalue weighted by Gasteiger charge is -2.21. The summed E-state index contributed by atoms with van der Waals surface area (Å²) in [5, 5.41) is 15.7. The zero-order chi connectivity index (χ0) is 19.2. The molecule has 138 valence electrons. The summed E-state index contributed by atoms with van der Waals surface area (Å²) in [7, 11) is 0.908. The molecule has 0 aliphatic carbocycles. The zero-order valence-electron chi connectivity index (χ0n) is 12.5. The lowest BCUT2D eigenvalue weighted by atomic mass is 10.1. The zero-order valence-corrected chi connectivity index (χ0v) is 12.5. The Labute approximate surface area is 135 Å². The second-order valence-corrected chi connectivity index (χ2v) is 4.96. The van der Waals surface area contributed by atoms with Crippen molar-refractivity contribution in [2.45, 2.75) is 24.9 Å². The molecule has 0 aliphatic rings. The number of pyridine rings is 1. The quantitative estimate of drug-likeness (QED) is 0.797. The van der Waals surface area contributed by atoms with E-state index in [0.717, 1.165) is 7.11 Å². The molecule has 2 aromatic rings. The van der Waals surface area contributed by atoms with E-state index < -0.39 is 52.6 Å². The van der Waals surface area contributed by atoms with Gasteiger partial charge < -0.3 is 20.0 Å². The highest BCUT2D eigenvalue weighted by atomic mass is 19.4. The smallest absolute Gasteiger partial charge is 0.426 e. The van der Waals surface area contributed by atoms with Crippen LogP contribution in [-0.2, 0) is 11.8 Å². The van der Waals surface area contributed by atoms with Crippen molar-refractivity contribution in [1.82, 2.24) is 15.2 Å². The highest BCUT2D eigenvalue weighted by Gasteiger charge is 2.55. The minimum absolute atomic E-state index is 0.369. The number of hydrogen-bond donors (Lipinski definition) is 2. The van der Waals surface area contributed by atoms with Crippen molar-refractivity contribution in [1.29, 1.82) is 0 Å². The molecule has 0 saturated carbocycles. The Morgan fingerprint density at radius 1 is 1.16 bits per heavy atom. The van der Waals surface area contributed by atoms with E-state index in [4.69, 9.17) is 10.2 Å². The molecule has 0 radical (unpaired) electrons. The first kappa shape index (κ1) is 18.8. The molecule has 0 aromatic carbocycles. The van der Waals surface area contributed by atoms with Crippen molar-refractivity contribution in [3.8, 4) is 17.5 Å². The number of methoxy groups -OCH3 is 1. The maximum absolute atomic E-state index is 12.9. The van der Waals surface area contributed by atoms with Gasteiger partial charge in [0.2, 0.25) is 11.5 Å². The fourth-order valence-corrected chi connectivity index (χ4v) is 1.68. The molecule has 0 aliphatic heterocycles. The molecule has 3 N–H and O–H groups in total. The first-order valence-electron chi connectivity index (χ1n) is 6.34. The van der Waals surface area contributed by atoms with Crippen LogP contribution in [0.25, 0.3) is 11.6 Å². The van der Waals surface area contributed by atoms with Crippen LogP contribution in [0.2, 0.25) is 0 Å².